The number of hydrogen-bond acceptors (Lipinski definition) is 4. The Morgan fingerprint density at radius 1 is 1.48 bits per heavy atom. The van der Waals surface area contributed by atoms with Crippen LogP contribution >= 0.6 is 15.9 Å². The maximum atomic E-state index is 12.4. The Balaban J connectivity index is 2.04. The van der Waals surface area contributed by atoms with Crippen molar-refractivity contribution >= 4 is 21.8 Å². The van der Waals surface area contributed by atoms with Crippen LogP contribution < -0.4 is 15.4 Å². The highest BCUT2D eigenvalue weighted by atomic mass is 79.9. The molecule has 2 rings (SSSR count). The fourth-order valence-electron chi connectivity index (χ4n) is 2.62. The summed E-state index contributed by atoms with van der Waals surface area (Å²) < 4.78 is 11.2. The van der Waals surface area contributed by atoms with Crippen molar-refractivity contribution in [1.29, 1.82) is 0 Å². The van der Waals surface area contributed by atoms with Crippen molar-refractivity contribution in [2.45, 2.75) is 18.4 Å². The Labute approximate surface area is 133 Å². The molecule has 1 heterocycles. The number of methoxy groups -OCH3 is 2. The van der Waals surface area contributed by atoms with Crippen LogP contribution in [0.1, 0.15) is 23.2 Å². The lowest BCUT2D eigenvalue weighted by molar-refractivity contribution is 0.0891. The number of benzene rings is 1. The molecule has 21 heavy (non-hydrogen) atoms. The first-order valence-corrected chi connectivity index (χ1v) is 7.75. The number of ether oxygens (including phenoxy) is 2. The first-order chi connectivity index (χ1) is 10.1. The van der Waals surface area contributed by atoms with Crippen LogP contribution in [0.15, 0.2) is 22.7 Å². The van der Waals surface area contributed by atoms with Crippen molar-refractivity contribution in [1.82, 2.24) is 10.6 Å². The second-order valence-corrected chi connectivity index (χ2v) is 6.13. The Bertz CT molecular complexity index is 502. The summed E-state index contributed by atoms with van der Waals surface area (Å²) in [6.07, 6.45) is 2.10. The van der Waals surface area contributed by atoms with Crippen molar-refractivity contribution in [2.75, 3.05) is 33.9 Å². The monoisotopic (exact) mass is 356 g/mol. The molecule has 1 aliphatic heterocycles. The summed E-state index contributed by atoms with van der Waals surface area (Å²) in [5, 5.41) is 6.43. The number of carbonyl (C=O) groups excluding carboxylic acids is 1. The third kappa shape index (κ3) is 3.96. The van der Waals surface area contributed by atoms with E-state index in [-0.39, 0.29) is 11.4 Å². The summed E-state index contributed by atoms with van der Waals surface area (Å²) in [7, 11) is 3.27. The largest absolute Gasteiger partial charge is 0.497 e. The number of halogens is 1. The zero-order valence-corrected chi connectivity index (χ0v) is 14.0. The topological polar surface area (TPSA) is 59.6 Å². The summed E-state index contributed by atoms with van der Waals surface area (Å²) in [6.45, 7) is 2.10. The van der Waals surface area contributed by atoms with E-state index in [9.17, 15) is 4.79 Å². The van der Waals surface area contributed by atoms with Gasteiger partial charge < -0.3 is 20.1 Å². The van der Waals surface area contributed by atoms with E-state index >= 15 is 0 Å². The van der Waals surface area contributed by atoms with Crippen LogP contribution in [0.25, 0.3) is 0 Å². The van der Waals surface area contributed by atoms with Crippen LogP contribution in [-0.2, 0) is 4.74 Å². The normalized spacial score (nSPS) is 21.3. The number of amides is 1. The Morgan fingerprint density at radius 2 is 2.29 bits per heavy atom. The molecule has 116 valence electrons. The lowest BCUT2D eigenvalue weighted by atomic mass is 9.98. The summed E-state index contributed by atoms with van der Waals surface area (Å²) in [6, 6.07) is 5.35. The highest BCUT2D eigenvalue weighted by molar-refractivity contribution is 9.10. The SMILES string of the molecule is COCC1(CNC(=O)c2cc(OC)ccc2Br)CCCN1. The van der Waals surface area contributed by atoms with Crippen LogP contribution in [0.5, 0.6) is 5.75 Å². The predicted molar refractivity (Wildman–Crippen MR) is 84.9 cm³/mol. The van der Waals surface area contributed by atoms with Crippen molar-refractivity contribution in [3.8, 4) is 5.75 Å². The molecule has 0 spiro atoms. The van der Waals surface area contributed by atoms with Gasteiger partial charge in [-0.3, -0.25) is 4.79 Å². The Hall–Kier alpha value is -1.11. The minimum absolute atomic E-state index is 0.120. The molecule has 1 aromatic carbocycles. The number of carbonyl (C=O) groups is 1. The van der Waals surface area contributed by atoms with Crippen LogP contribution in [0.3, 0.4) is 0 Å². The van der Waals surface area contributed by atoms with Crippen LogP contribution in [0, 0.1) is 0 Å². The van der Waals surface area contributed by atoms with Gasteiger partial charge in [0.1, 0.15) is 5.75 Å². The van der Waals surface area contributed by atoms with Crippen molar-refractivity contribution < 1.29 is 14.3 Å². The van der Waals surface area contributed by atoms with Gasteiger partial charge in [0, 0.05) is 18.1 Å². The molecule has 0 radical (unpaired) electrons. The first kappa shape index (κ1) is 16.3. The summed E-state index contributed by atoms with van der Waals surface area (Å²) in [5.74, 6) is 0.541. The molecule has 1 saturated heterocycles. The molecule has 1 fully saturated rings. The third-order valence-corrected chi connectivity index (χ3v) is 4.45. The average Bonchev–Trinajstić information content (AvgIpc) is 2.95. The Morgan fingerprint density at radius 3 is 2.90 bits per heavy atom. The Kier molecular flexibility index (Phi) is 5.61. The first-order valence-electron chi connectivity index (χ1n) is 6.96. The summed E-state index contributed by atoms with van der Waals surface area (Å²) >= 11 is 3.40. The molecule has 2 N–H and O–H groups in total. The minimum Gasteiger partial charge on any atom is -0.497 e. The standard InChI is InChI=1S/C15H21BrN2O3/c1-20-10-15(6-3-7-18-15)9-17-14(19)12-8-11(21-2)4-5-13(12)16/h4-5,8,18H,3,6-7,9-10H2,1-2H3,(H,17,19). The molecular formula is C15H21BrN2O3. The van der Waals surface area contributed by atoms with Crippen molar-refractivity contribution in [3.63, 3.8) is 0 Å². The molecule has 1 amide bonds. The second-order valence-electron chi connectivity index (χ2n) is 5.27. The molecular weight excluding hydrogens is 336 g/mol. The van der Waals surface area contributed by atoms with E-state index in [0.717, 1.165) is 23.9 Å². The van der Waals surface area contributed by atoms with Gasteiger partial charge in [0.2, 0.25) is 0 Å². The maximum Gasteiger partial charge on any atom is 0.252 e. The van der Waals surface area contributed by atoms with E-state index < -0.39 is 0 Å². The second kappa shape index (κ2) is 7.24. The summed E-state index contributed by atoms with van der Waals surface area (Å²) in [4.78, 5) is 12.4. The molecule has 1 aromatic rings. The molecule has 5 nitrogen and oxygen atoms in total. The van der Waals surface area contributed by atoms with Crippen LogP contribution in [0.2, 0.25) is 0 Å². The lowest BCUT2D eigenvalue weighted by Gasteiger charge is -2.29. The van der Waals surface area contributed by atoms with E-state index in [1.807, 2.05) is 12.1 Å². The van der Waals surface area contributed by atoms with E-state index in [1.165, 1.54) is 0 Å². The predicted octanol–water partition coefficient (Wildman–Crippen LogP) is 1.96. The van der Waals surface area contributed by atoms with Gasteiger partial charge in [0.05, 0.1) is 24.8 Å². The quantitative estimate of drug-likeness (QED) is 0.817. The molecule has 6 heteroatoms. The fourth-order valence-corrected chi connectivity index (χ4v) is 3.05. The smallest absolute Gasteiger partial charge is 0.252 e. The molecule has 0 aromatic heterocycles. The van der Waals surface area contributed by atoms with Gasteiger partial charge in [-0.05, 0) is 53.5 Å². The maximum absolute atomic E-state index is 12.4. The van der Waals surface area contributed by atoms with Crippen LogP contribution in [-0.4, -0.2) is 45.4 Å². The van der Waals surface area contributed by atoms with Crippen molar-refractivity contribution in [3.05, 3.63) is 28.2 Å². The van der Waals surface area contributed by atoms with E-state index in [0.29, 0.717) is 24.5 Å². The summed E-state index contributed by atoms with van der Waals surface area (Å²) in [5.41, 5.74) is 0.412. The molecule has 1 aliphatic rings. The number of rotatable bonds is 6. The number of nitrogens with one attached hydrogen (secondary N) is 2. The van der Waals surface area contributed by atoms with Gasteiger partial charge in [-0.25, -0.2) is 0 Å². The molecule has 0 aliphatic carbocycles. The molecule has 0 saturated carbocycles. The highest BCUT2D eigenvalue weighted by Gasteiger charge is 2.33. The zero-order chi connectivity index (χ0) is 15.3. The van der Waals surface area contributed by atoms with Gasteiger partial charge in [0.15, 0.2) is 0 Å². The molecule has 0 bridgehead atoms. The highest BCUT2D eigenvalue weighted by Crippen LogP contribution is 2.23. The lowest BCUT2D eigenvalue weighted by Crippen LogP contribution is -2.53. The van der Waals surface area contributed by atoms with Crippen molar-refractivity contribution in [2.24, 2.45) is 0 Å². The zero-order valence-electron chi connectivity index (χ0n) is 12.4. The molecule has 1 unspecified atom stereocenters. The van der Waals surface area contributed by atoms with Gasteiger partial charge in [-0.15, -0.1) is 0 Å². The number of hydrogen-bond donors (Lipinski definition) is 2. The average molecular weight is 357 g/mol. The van der Waals surface area contributed by atoms with E-state index in [4.69, 9.17) is 9.47 Å². The van der Waals surface area contributed by atoms with Gasteiger partial charge in [-0.1, -0.05) is 0 Å². The van der Waals surface area contributed by atoms with Crippen LogP contribution in [0.4, 0.5) is 0 Å². The van der Waals surface area contributed by atoms with E-state index in [1.54, 1.807) is 20.3 Å². The van der Waals surface area contributed by atoms with Gasteiger partial charge in [-0.2, -0.15) is 0 Å². The molecule has 1 atom stereocenters. The van der Waals surface area contributed by atoms with E-state index in [2.05, 4.69) is 26.6 Å². The third-order valence-electron chi connectivity index (χ3n) is 3.76. The fraction of sp³-hybridized carbons (Fsp3) is 0.533. The van der Waals surface area contributed by atoms with Gasteiger partial charge >= 0.3 is 0 Å². The van der Waals surface area contributed by atoms with Gasteiger partial charge in [0.25, 0.3) is 5.91 Å². The minimum atomic E-state index is -0.157.